The largest absolute Gasteiger partial charge is 0.395 e. The molecule has 1 rings (SSSR count). The smallest absolute Gasteiger partial charge is 0.0897 e. The zero-order valence-corrected chi connectivity index (χ0v) is 6.61. The molecule has 0 aromatic carbocycles. The second kappa shape index (κ2) is 4.03. The number of rotatable bonds is 4. The van der Waals surface area contributed by atoms with Gasteiger partial charge in [-0.2, -0.15) is 0 Å². The van der Waals surface area contributed by atoms with E-state index in [0.717, 1.165) is 13.2 Å². The van der Waals surface area contributed by atoms with Gasteiger partial charge in [0.05, 0.1) is 13.3 Å². The van der Waals surface area contributed by atoms with Crippen molar-refractivity contribution < 1.29 is 5.11 Å². The van der Waals surface area contributed by atoms with Crippen LogP contribution in [0.1, 0.15) is 0 Å². The van der Waals surface area contributed by atoms with Crippen molar-refractivity contribution in [2.45, 2.75) is 0 Å². The van der Waals surface area contributed by atoms with Crippen molar-refractivity contribution in [1.29, 1.82) is 0 Å². The zero-order chi connectivity index (χ0) is 8.10. The standard InChI is InChI=1S/C8H14N2O/c1-2-3-9-4-5-10(8-9)6-7-11/h2,4-5,11H,1,3,6-8H2. The fourth-order valence-electron chi connectivity index (χ4n) is 1.07. The highest BCUT2D eigenvalue weighted by Crippen LogP contribution is 2.04. The molecule has 62 valence electrons. The molecule has 0 spiro atoms. The molecule has 0 aliphatic carbocycles. The van der Waals surface area contributed by atoms with E-state index >= 15 is 0 Å². The van der Waals surface area contributed by atoms with Crippen LogP contribution in [0.25, 0.3) is 0 Å². The van der Waals surface area contributed by atoms with Gasteiger partial charge in [-0.05, 0) is 0 Å². The molecule has 3 nitrogen and oxygen atoms in total. The Kier molecular flexibility index (Phi) is 2.98. The van der Waals surface area contributed by atoms with Crippen molar-refractivity contribution in [3.05, 3.63) is 25.1 Å². The summed E-state index contributed by atoms with van der Waals surface area (Å²) >= 11 is 0. The molecule has 1 heterocycles. The summed E-state index contributed by atoms with van der Waals surface area (Å²) in [7, 11) is 0. The van der Waals surface area contributed by atoms with Crippen molar-refractivity contribution in [2.24, 2.45) is 0 Å². The maximum absolute atomic E-state index is 8.63. The van der Waals surface area contributed by atoms with Gasteiger partial charge >= 0.3 is 0 Å². The van der Waals surface area contributed by atoms with Gasteiger partial charge in [-0.3, -0.25) is 0 Å². The molecule has 1 N–H and O–H groups in total. The highest BCUT2D eigenvalue weighted by Gasteiger charge is 2.08. The number of hydrogen-bond acceptors (Lipinski definition) is 3. The fourth-order valence-corrected chi connectivity index (χ4v) is 1.07. The molecule has 11 heavy (non-hydrogen) atoms. The van der Waals surface area contributed by atoms with E-state index in [4.69, 9.17) is 5.11 Å². The summed E-state index contributed by atoms with van der Waals surface area (Å²) in [4.78, 5) is 4.19. The van der Waals surface area contributed by atoms with E-state index in [1.165, 1.54) is 0 Å². The second-order valence-electron chi connectivity index (χ2n) is 2.54. The molecule has 0 fully saturated rings. The van der Waals surface area contributed by atoms with E-state index in [-0.39, 0.29) is 6.61 Å². The van der Waals surface area contributed by atoms with Crippen LogP contribution in [-0.2, 0) is 0 Å². The topological polar surface area (TPSA) is 26.7 Å². The SMILES string of the molecule is C=CCN1C=CN(CCO)C1. The molecule has 0 saturated carbocycles. The van der Waals surface area contributed by atoms with Crippen LogP contribution in [0.2, 0.25) is 0 Å². The average molecular weight is 154 g/mol. The van der Waals surface area contributed by atoms with Gasteiger partial charge in [-0.1, -0.05) is 6.08 Å². The number of aliphatic hydroxyl groups is 1. The summed E-state index contributed by atoms with van der Waals surface area (Å²) in [5.41, 5.74) is 0. The molecule has 1 aliphatic rings. The van der Waals surface area contributed by atoms with Crippen molar-refractivity contribution in [3.8, 4) is 0 Å². The lowest BCUT2D eigenvalue weighted by Gasteiger charge is -2.18. The second-order valence-corrected chi connectivity index (χ2v) is 2.54. The molecule has 0 saturated heterocycles. The molecule has 0 bridgehead atoms. The first kappa shape index (κ1) is 8.14. The maximum atomic E-state index is 8.63. The third-order valence-electron chi connectivity index (χ3n) is 1.60. The highest BCUT2D eigenvalue weighted by atomic mass is 16.3. The Morgan fingerprint density at radius 1 is 1.45 bits per heavy atom. The minimum atomic E-state index is 0.215. The van der Waals surface area contributed by atoms with Crippen LogP contribution in [-0.4, -0.2) is 41.3 Å². The molecular formula is C8H14N2O. The van der Waals surface area contributed by atoms with Crippen LogP contribution in [0.4, 0.5) is 0 Å². The minimum Gasteiger partial charge on any atom is -0.395 e. The van der Waals surface area contributed by atoms with E-state index < -0.39 is 0 Å². The lowest BCUT2D eigenvalue weighted by Crippen LogP contribution is -2.27. The molecular weight excluding hydrogens is 140 g/mol. The molecule has 3 heteroatoms. The van der Waals surface area contributed by atoms with E-state index in [1.807, 2.05) is 18.5 Å². The first-order valence-corrected chi connectivity index (χ1v) is 3.75. The first-order valence-electron chi connectivity index (χ1n) is 3.75. The molecule has 0 amide bonds. The summed E-state index contributed by atoms with van der Waals surface area (Å²) in [6.07, 6.45) is 5.86. The molecule has 0 aromatic heterocycles. The van der Waals surface area contributed by atoms with Crippen molar-refractivity contribution in [1.82, 2.24) is 9.80 Å². The van der Waals surface area contributed by atoms with Gasteiger partial charge in [-0.25, -0.2) is 0 Å². The third-order valence-corrected chi connectivity index (χ3v) is 1.60. The number of aliphatic hydroxyl groups excluding tert-OH is 1. The number of nitrogens with zero attached hydrogens (tertiary/aromatic N) is 2. The van der Waals surface area contributed by atoms with E-state index in [2.05, 4.69) is 16.4 Å². The monoisotopic (exact) mass is 154 g/mol. The minimum absolute atomic E-state index is 0.215. The quantitative estimate of drug-likeness (QED) is 0.586. The molecule has 0 unspecified atom stereocenters. The Balaban J connectivity index is 2.24. The van der Waals surface area contributed by atoms with Crippen molar-refractivity contribution in [2.75, 3.05) is 26.4 Å². The summed E-state index contributed by atoms with van der Waals surface area (Å²) in [5, 5.41) is 8.63. The Morgan fingerprint density at radius 2 is 2.18 bits per heavy atom. The molecule has 1 aliphatic heterocycles. The van der Waals surface area contributed by atoms with Gasteiger partial charge in [0.1, 0.15) is 0 Å². The number of β-amino-alcohol motifs (C(OH)–C–C–N with tert-alkyl or cyclic N) is 1. The summed E-state index contributed by atoms with van der Waals surface area (Å²) in [6, 6.07) is 0. The fraction of sp³-hybridized carbons (Fsp3) is 0.500. The van der Waals surface area contributed by atoms with Crippen molar-refractivity contribution in [3.63, 3.8) is 0 Å². The lowest BCUT2D eigenvalue weighted by molar-refractivity contribution is 0.211. The average Bonchev–Trinajstić information content (AvgIpc) is 2.38. The van der Waals surface area contributed by atoms with Crippen LogP contribution in [0.5, 0.6) is 0 Å². The molecule has 0 radical (unpaired) electrons. The van der Waals surface area contributed by atoms with Gasteiger partial charge in [0.2, 0.25) is 0 Å². The van der Waals surface area contributed by atoms with Gasteiger partial charge in [0, 0.05) is 25.5 Å². The van der Waals surface area contributed by atoms with Gasteiger partial charge in [0.25, 0.3) is 0 Å². The maximum Gasteiger partial charge on any atom is 0.0897 e. The van der Waals surface area contributed by atoms with Gasteiger partial charge < -0.3 is 14.9 Å². The van der Waals surface area contributed by atoms with E-state index in [0.29, 0.717) is 6.54 Å². The van der Waals surface area contributed by atoms with Crippen LogP contribution < -0.4 is 0 Å². The summed E-state index contributed by atoms with van der Waals surface area (Å²) in [5.74, 6) is 0. The number of hydrogen-bond donors (Lipinski definition) is 1. The molecule has 0 atom stereocenters. The van der Waals surface area contributed by atoms with Crippen LogP contribution >= 0.6 is 0 Å². The predicted molar refractivity (Wildman–Crippen MR) is 44.7 cm³/mol. The van der Waals surface area contributed by atoms with Crippen molar-refractivity contribution >= 4 is 0 Å². The van der Waals surface area contributed by atoms with Gasteiger partial charge in [-0.15, -0.1) is 6.58 Å². The first-order chi connectivity index (χ1) is 5.36. The van der Waals surface area contributed by atoms with Gasteiger partial charge in [0.15, 0.2) is 0 Å². The van der Waals surface area contributed by atoms with Crippen LogP contribution in [0, 0.1) is 0 Å². The Bertz CT molecular complexity index is 156. The Hall–Kier alpha value is -0.960. The zero-order valence-electron chi connectivity index (χ0n) is 6.61. The third kappa shape index (κ3) is 2.27. The van der Waals surface area contributed by atoms with Crippen LogP contribution in [0.15, 0.2) is 25.1 Å². The normalized spacial score (nSPS) is 16.1. The van der Waals surface area contributed by atoms with E-state index in [9.17, 15) is 0 Å². The molecule has 0 aromatic rings. The van der Waals surface area contributed by atoms with Crippen LogP contribution in [0.3, 0.4) is 0 Å². The predicted octanol–water partition coefficient (Wildman–Crippen LogP) is 0.211. The van der Waals surface area contributed by atoms with E-state index in [1.54, 1.807) is 0 Å². The summed E-state index contributed by atoms with van der Waals surface area (Å²) in [6.45, 7) is 6.32. The summed E-state index contributed by atoms with van der Waals surface area (Å²) < 4.78 is 0. The highest BCUT2D eigenvalue weighted by molar-refractivity contribution is 4.92. The Labute approximate surface area is 67.2 Å². The lowest BCUT2D eigenvalue weighted by atomic mass is 10.5. The Morgan fingerprint density at radius 3 is 2.82 bits per heavy atom.